The van der Waals surface area contributed by atoms with Crippen molar-refractivity contribution in [3.63, 3.8) is 0 Å². The number of furan rings is 1. The summed E-state index contributed by atoms with van der Waals surface area (Å²) in [6.45, 7) is 0. The molecule has 8 heteroatoms. The van der Waals surface area contributed by atoms with Crippen LogP contribution in [0.15, 0.2) is 27.9 Å². The zero-order valence-corrected chi connectivity index (χ0v) is 10.2. The summed E-state index contributed by atoms with van der Waals surface area (Å²) in [5.74, 6) is -1.47. The van der Waals surface area contributed by atoms with E-state index in [0.29, 0.717) is 0 Å². The van der Waals surface area contributed by atoms with Gasteiger partial charge in [-0.2, -0.15) is 23.3 Å². The molecule has 3 rings (SSSR count). The number of amides is 1. The zero-order valence-electron chi connectivity index (χ0n) is 10.2. The lowest BCUT2D eigenvalue weighted by atomic mass is 10.0. The molecule has 0 spiro atoms. The lowest BCUT2D eigenvalue weighted by Crippen LogP contribution is -2.56. The Balaban J connectivity index is 1.97. The van der Waals surface area contributed by atoms with Gasteiger partial charge in [0.15, 0.2) is 5.76 Å². The summed E-state index contributed by atoms with van der Waals surface area (Å²) in [4.78, 5) is 12.0. The van der Waals surface area contributed by atoms with Gasteiger partial charge in [-0.25, -0.2) is 0 Å². The van der Waals surface area contributed by atoms with Crippen LogP contribution in [-0.2, 0) is 0 Å². The highest BCUT2D eigenvalue weighted by molar-refractivity contribution is 5.98. The fraction of sp³-hybridized carbons (Fsp3) is 0.500. The molecule has 2 aliphatic rings. The number of hydrazone groups is 1. The number of alkyl halides is 3. The van der Waals surface area contributed by atoms with Gasteiger partial charge in [0.25, 0.3) is 5.72 Å². The van der Waals surface area contributed by atoms with Crippen LogP contribution in [-0.4, -0.2) is 33.6 Å². The molecule has 1 N–H and O–H groups in total. The highest BCUT2D eigenvalue weighted by Gasteiger charge is 2.64. The normalized spacial score (nSPS) is 26.8. The van der Waals surface area contributed by atoms with Crippen LogP contribution < -0.4 is 0 Å². The average molecular weight is 288 g/mol. The van der Waals surface area contributed by atoms with E-state index in [1.54, 1.807) is 0 Å². The van der Waals surface area contributed by atoms with Gasteiger partial charge in [-0.3, -0.25) is 4.79 Å². The van der Waals surface area contributed by atoms with E-state index in [0.717, 1.165) is 12.8 Å². The van der Waals surface area contributed by atoms with Gasteiger partial charge in [0.2, 0.25) is 0 Å². The Hall–Kier alpha value is -1.83. The van der Waals surface area contributed by atoms with Crippen molar-refractivity contribution in [2.45, 2.75) is 31.2 Å². The first-order valence-corrected chi connectivity index (χ1v) is 6.07. The fourth-order valence-electron chi connectivity index (χ4n) is 2.15. The SMILES string of the molecule is O=C(c1ccco1)N1N=C(C2CC2)C[C@]1(O)C(F)(F)F. The highest BCUT2D eigenvalue weighted by atomic mass is 19.4. The zero-order chi connectivity index (χ0) is 14.5. The van der Waals surface area contributed by atoms with Crippen LogP contribution in [0.4, 0.5) is 13.2 Å². The van der Waals surface area contributed by atoms with E-state index >= 15 is 0 Å². The third kappa shape index (κ3) is 1.91. The van der Waals surface area contributed by atoms with E-state index in [-0.39, 0.29) is 22.4 Å². The largest absolute Gasteiger partial charge is 0.459 e. The van der Waals surface area contributed by atoms with Gasteiger partial charge in [-0.05, 0) is 30.9 Å². The molecule has 1 atom stereocenters. The van der Waals surface area contributed by atoms with Gasteiger partial charge in [0, 0.05) is 12.1 Å². The first kappa shape index (κ1) is 13.2. The molecular formula is C12H11F3N2O3. The summed E-state index contributed by atoms with van der Waals surface area (Å²) in [6, 6.07) is 2.60. The van der Waals surface area contributed by atoms with Crippen LogP contribution in [0.25, 0.3) is 0 Å². The minimum Gasteiger partial charge on any atom is -0.459 e. The van der Waals surface area contributed by atoms with Crippen molar-refractivity contribution in [3.8, 4) is 0 Å². The summed E-state index contributed by atoms with van der Waals surface area (Å²) in [7, 11) is 0. The molecule has 1 aliphatic heterocycles. The van der Waals surface area contributed by atoms with Crippen molar-refractivity contribution >= 4 is 11.6 Å². The molecule has 1 saturated carbocycles. The molecule has 1 aliphatic carbocycles. The predicted octanol–water partition coefficient (Wildman–Crippen LogP) is 2.14. The third-order valence-electron chi connectivity index (χ3n) is 3.43. The maximum Gasteiger partial charge on any atom is 0.438 e. The number of carbonyl (C=O) groups excluding carboxylic acids is 1. The molecule has 0 aromatic carbocycles. The first-order chi connectivity index (χ1) is 9.33. The van der Waals surface area contributed by atoms with Crippen molar-refractivity contribution in [2.24, 2.45) is 11.0 Å². The van der Waals surface area contributed by atoms with Crippen LogP contribution >= 0.6 is 0 Å². The van der Waals surface area contributed by atoms with Gasteiger partial charge in [-0.15, -0.1) is 0 Å². The second kappa shape index (κ2) is 4.08. The number of hydrogen-bond acceptors (Lipinski definition) is 4. The minimum absolute atomic E-state index is 0.0710. The summed E-state index contributed by atoms with van der Waals surface area (Å²) in [5, 5.41) is 13.7. The van der Waals surface area contributed by atoms with Gasteiger partial charge in [0.05, 0.1) is 6.26 Å². The van der Waals surface area contributed by atoms with Crippen LogP contribution in [0.5, 0.6) is 0 Å². The van der Waals surface area contributed by atoms with E-state index in [1.165, 1.54) is 18.4 Å². The Kier molecular flexibility index (Phi) is 2.69. The molecule has 0 bridgehead atoms. The molecule has 1 amide bonds. The van der Waals surface area contributed by atoms with E-state index in [9.17, 15) is 23.1 Å². The lowest BCUT2D eigenvalue weighted by Gasteiger charge is -2.32. The second-order valence-electron chi connectivity index (χ2n) is 4.95. The fourth-order valence-corrected chi connectivity index (χ4v) is 2.15. The highest BCUT2D eigenvalue weighted by Crippen LogP contribution is 2.45. The molecule has 5 nitrogen and oxygen atoms in total. The third-order valence-corrected chi connectivity index (χ3v) is 3.43. The summed E-state index contributed by atoms with van der Waals surface area (Å²) in [5.41, 5.74) is -3.08. The molecule has 0 unspecified atom stereocenters. The van der Waals surface area contributed by atoms with E-state index in [2.05, 4.69) is 5.10 Å². The number of halogens is 3. The lowest BCUT2D eigenvalue weighted by molar-refractivity contribution is -0.297. The molecule has 108 valence electrons. The molecule has 20 heavy (non-hydrogen) atoms. The van der Waals surface area contributed by atoms with Crippen molar-refractivity contribution in [2.75, 3.05) is 0 Å². The molecule has 0 radical (unpaired) electrons. The van der Waals surface area contributed by atoms with E-state index in [1.807, 2.05) is 0 Å². The van der Waals surface area contributed by atoms with Crippen LogP contribution in [0.1, 0.15) is 29.8 Å². The van der Waals surface area contributed by atoms with Crippen molar-refractivity contribution < 1.29 is 27.5 Å². The maximum atomic E-state index is 13.1. The predicted molar refractivity (Wildman–Crippen MR) is 60.7 cm³/mol. The van der Waals surface area contributed by atoms with Gasteiger partial charge < -0.3 is 9.52 Å². The maximum absolute atomic E-state index is 13.1. The topological polar surface area (TPSA) is 66.0 Å². The second-order valence-corrected chi connectivity index (χ2v) is 4.95. The molecule has 1 aromatic heterocycles. The minimum atomic E-state index is -4.99. The van der Waals surface area contributed by atoms with Gasteiger partial charge in [-0.1, -0.05) is 0 Å². The molecule has 2 heterocycles. The van der Waals surface area contributed by atoms with Crippen LogP contribution in [0.3, 0.4) is 0 Å². The smallest absolute Gasteiger partial charge is 0.438 e. The standard InChI is InChI=1S/C12H11F3N2O3/c13-12(14,15)11(19)6-8(7-3-4-7)16-17(11)10(18)9-2-1-5-20-9/h1-2,5,7,19H,3-4,6H2/t11-/m0/s1. The van der Waals surface area contributed by atoms with Crippen molar-refractivity contribution in [3.05, 3.63) is 24.2 Å². The van der Waals surface area contributed by atoms with Gasteiger partial charge in [0.1, 0.15) is 0 Å². The molecule has 0 saturated heterocycles. The Bertz CT molecular complexity index is 563. The Labute approximate surface area is 111 Å². The number of nitrogens with zero attached hydrogens (tertiary/aromatic N) is 2. The van der Waals surface area contributed by atoms with Gasteiger partial charge >= 0.3 is 12.1 Å². The molecule has 1 aromatic rings. The molecule has 1 fully saturated rings. The quantitative estimate of drug-likeness (QED) is 0.906. The summed E-state index contributed by atoms with van der Waals surface area (Å²) < 4.78 is 44.1. The van der Waals surface area contributed by atoms with Crippen molar-refractivity contribution in [1.82, 2.24) is 5.01 Å². The Morgan fingerprint density at radius 2 is 2.20 bits per heavy atom. The summed E-state index contributed by atoms with van der Waals surface area (Å²) in [6.07, 6.45) is -3.06. The monoisotopic (exact) mass is 288 g/mol. The number of rotatable bonds is 2. The van der Waals surface area contributed by atoms with E-state index in [4.69, 9.17) is 4.42 Å². The Morgan fingerprint density at radius 1 is 1.50 bits per heavy atom. The number of aliphatic hydroxyl groups is 1. The first-order valence-electron chi connectivity index (χ1n) is 6.07. The molecular weight excluding hydrogens is 277 g/mol. The summed E-state index contributed by atoms with van der Waals surface area (Å²) >= 11 is 0. The van der Waals surface area contributed by atoms with Crippen LogP contribution in [0.2, 0.25) is 0 Å². The van der Waals surface area contributed by atoms with E-state index < -0.39 is 24.2 Å². The average Bonchev–Trinajstić information content (AvgIpc) is 2.94. The van der Waals surface area contributed by atoms with Crippen molar-refractivity contribution in [1.29, 1.82) is 0 Å². The Morgan fingerprint density at radius 3 is 2.70 bits per heavy atom. The van der Waals surface area contributed by atoms with Crippen LogP contribution in [0, 0.1) is 5.92 Å². The number of hydrogen-bond donors (Lipinski definition) is 1. The number of carbonyl (C=O) groups is 1.